The second-order valence-corrected chi connectivity index (χ2v) is 5.78. The van der Waals surface area contributed by atoms with Gasteiger partial charge in [0.25, 0.3) is 0 Å². The van der Waals surface area contributed by atoms with Gasteiger partial charge >= 0.3 is 0 Å². The van der Waals surface area contributed by atoms with Crippen LogP contribution >= 0.6 is 0 Å². The van der Waals surface area contributed by atoms with Gasteiger partial charge in [0.1, 0.15) is 0 Å². The van der Waals surface area contributed by atoms with Crippen molar-refractivity contribution in [1.82, 2.24) is 9.80 Å². The molecule has 0 spiro atoms. The highest BCUT2D eigenvalue weighted by molar-refractivity contribution is 5.81. The number of amides is 1. The van der Waals surface area contributed by atoms with Crippen LogP contribution in [0.1, 0.15) is 40.0 Å². The summed E-state index contributed by atoms with van der Waals surface area (Å²) in [5.41, 5.74) is 5.97. The highest BCUT2D eigenvalue weighted by Crippen LogP contribution is 2.16. The normalized spacial score (nSPS) is 23.1. The minimum absolute atomic E-state index is 0.103. The van der Waals surface area contributed by atoms with E-state index in [1.165, 1.54) is 19.3 Å². The van der Waals surface area contributed by atoms with E-state index in [0.29, 0.717) is 6.04 Å². The number of likely N-dealkylation sites (N-methyl/N-ethyl adjacent to an activating group) is 2. The Morgan fingerprint density at radius 2 is 2.11 bits per heavy atom. The fourth-order valence-corrected chi connectivity index (χ4v) is 2.50. The monoisotopic (exact) mass is 255 g/mol. The molecule has 4 heteroatoms. The number of piperidine rings is 1. The molecule has 1 rings (SSSR count). The average molecular weight is 255 g/mol. The van der Waals surface area contributed by atoms with Crippen LogP contribution in [0.3, 0.4) is 0 Å². The Labute approximate surface area is 111 Å². The van der Waals surface area contributed by atoms with Gasteiger partial charge in [-0.2, -0.15) is 0 Å². The first kappa shape index (κ1) is 15.4. The predicted molar refractivity (Wildman–Crippen MR) is 75.3 cm³/mol. The van der Waals surface area contributed by atoms with E-state index in [1.807, 2.05) is 25.7 Å². The molecule has 0 radical (unpaired) electrons. The minimum atomic E-state index is -0.362. The largest absolute Gasteiger partial charge is 0.340 e. The van der Waals surface area contributed by atoms with Gasteiger partial charge in [0.05, 0.1) is 6.04 Å². The SMILES string of the molecule is CCN(C[C@H]1CCCCN1C)C(=O)[C@@H](N)C(C)C. The third kappa shape index (κ3) is 3.95. The fraction of sp³-hybridized carbons (Fsp3) is 0.929. The molecular formula is C14H29N3O. The van der Waals surface area contributed by atoms with Gasteiger partial charge in [-0.3, -0.25) is 4.79 Å². The zero-order valence-electron chi connectivity index (χ0n) is 12.4. The maximum absolute atomic E-state index is 12.3. The number of carbonyl (C=O) groups excluding carboxylic acids is 1. The lowest BCUT2D eigenvalue weighted by molar-refractivity contribution is -0.134. The van der Waals surface area contributed by atoms with Gasteiger partial charge < -0.3 is 15.5 Å². The van der Waals surface area contributed by atoms with Gasteiger partial charge in [0.15, 0.2) is 0 Å². The summed E-state index contributed by atoms with van der Waals surface area (Å²) >= 11 is 0. The van der Waals surface area contributed by atoms with Crippen molar-refractivity contribution in [2.45, 2.75) is 52.1 Å². The fourth-order valence-electron chi connectivity index (χ4n) is 2.50. The van der Waals surface area contributed by atoms with Gasteiger partial charge in [0.2, 0.25) is 5.91 Å². The number of carbonyl (C=O) groups is 1. The average Bonchev–Trinajstić information content (AvgIpc) is 2.36. The van der Waals surface area contributed by atoms with E-state index >= 15 is 0 Å². The number of rotatable bonds is 5. The van der Waals surface area contributed by atoms with Crippen LogP contribution in [0.25, 0.3) is 0 Å². The van der Waals surface area contributed by atoms with Gasteiger partial charge in [-0.05, 0) is 39.3 Å². The Kier molecular flexibility index (Phi) is 6.09. The van der Waals surface area contributed by atoms with Crippen LogP contribution in [0.4, 0.5) is 0 Å². The van der Waals surface area contributed by atoms with Crippen LogP contribution in [-0.2, 0) is 4.79 Å². The summed E-state index contributed by atoms with van der Waals surface area (Å²) in [6.45, 7) is 8.77. The summed E-state index contributed by atoms with van der Waals surface area (Å²) in [6, 6.07) is 0.140. The number of likely N-dealkylation sites (tertiary alicyclic amines) is 1. The lowest BCUT2D eigenvalue weighted by Crippen LogP contribution is -2.52. The Morgan fingerprint density at radius 1 is 1.44 bits per heavy atom. The number of hydrogen-bond acceptors (Lipinski definition) is 3. The molecule has 0 saturated carbocycles. The van der Waals surface area contributed by atoms with Crippen LogP contribution in [0.2, 0.25) is 0 Å². The van der Waals surface area contributed by atoms with E-state index < -0.39 is 0 Å². The Balaban J connectivity index is 2.57. The van der Waals surface area contributed by atoms with Crippen molar-refractivity contribution in [3.63, 3.8) is 0 Å². The molecule has 106 valence electrons. The molecule has 2 N–H and O–H groups in total. The van der Waals surface area contributed by atoms with Crippen molar-refractivity contribution >= 4 is 5.91 Å². The van der Waals surface area contributed by atoms with E-state index in [-0.39, 0.29) is 17.9 Å². The smallest absolute Gasteiger partial charge is 0.239 e. The first-order valence-corrected chi connectivity index (χ1v) is 7.22. The van der Waals surface area contributed by atoms with Crippen LogP contribution < -0.4 is 5.73 Å². The van der Waals surface area contributed by atoms with E-state index in [2.05, 4.69) is 11.9 Å². The molecule has 1 amide bonds. The summed E-state index contributed by atoms with van der Waals surface area (Å²) in [4.78, 5) is 16.6. The molecule has 1 aliphatic heterocycles. The molecule has 2 atom stereocenters. The molecule has 4 nitrogen and oxygen atoms in total. The maximum Gasteiger partial charge on any atom is 0.239 e. The Morgan fingerprint density at radius 3 is 2.61 bits per heavy atom. The molecule has 0 aliphatic carbocycles. The summed E-state index contributed by atoms with van der Waals surface area (Å²) in [5.74, 6) is 0.308. The van der Waals surface area contributed by atoms with Crippen LogP contribution in [0.15, 0.2) is 0 Å². The van der Waals surface area contributed by atoms with Gasteiger partial charge in [-0.1, -0.05) is 20.3 Å². The molecule has 1 saturated heterocycles. The lowest BCUT2D eigenvalue weighted by Gasteiger charge is -2.37. The zero-order valence-corrected chi connectivity index (χ0v) is 12.4. The Hall–Kier alpha value is -0.610. The number of hydrogen-bond donors (Lipinski definition) is 1. The summed E-state index contributed by atoms with van der Waals surface area (Å²) in [7, 11) is 2.16. The maximum atomic E-state index is 12.3. The van der Waals surface area contributed by atoms with Gasteiger partial charge in [-0.15, -0.1) is 0 Å². The van der Waals surface area contributed by atoms with Crippen LogP contribution in [-0.4, -0.2) is 54.5 Å². The van der Waals surface area contributed by atoms with Gasteiger partial charge in [-0.25, -0.2) is 0 Å². The molecule has 1 aliphatic rings. The lowest BCUT2D eigenvalue weighted by atomic mass is 10.0. The van der Waals surface area contributed by atoms with Crippen molar-refractivity contribution in [2.75, 3.05) is 26.7 Å². The summed E-state index contributed by atoms with van der Waals surface area (Å²) in [6.07, 6.45) is 3.74. The van der Waals surface area contributed by atoms with E-state index in [1.54, 1.807) is 0 Å². The molecule has 18 heavy (non-hydrogen) atoms. The topological polar surface area (TPSA) is 49.6 Å². The quantitative estimate of drug-likeness (QED) is 0.805. The van der Waals surface area contributed by atoms with Crippen molar-refractivity contribution in [2.24, 2.45) is 11.7 Å². The first-order valence-electron chi connectivity index (χ1n) is 7.22. The molecule has 0 aromatic carbocycles. The van der Waals surface area contributed by atoms with Crippen molar-refractivity contribution in [3.05, 3.63) is 0 Å². The van der Waals surface area contributed by atoms with Crippen molar-refractivity contribution in [3.8, 4) is 0 Å². The molecule has 0 aromatic rings. The second-order valence-electron chi connectivity index (χ2n) is 5.78. The molecular weight excluding hydrogens is 226 g/mol. The van der Waals surface area contributed by atoms with Crippen LogP contribution in [0, 0.1) is 5.92 Å². The predicted octanol–water partition coefficient (Wildman–Crippen LogP) is 1.30. The highest BCUT2D eigenvalue weighted by atomic mass is 16.2. The highest BCUT2D eigenvalue weighted by Gasteiger charge is 2.27. The van der Waals surface area contributed by atoms with E-state index in [4.69, 9.17) is 5.73 Å². The van der Waals surface area contributed by atoms with Gasteiger partial charge in [0, 0.05) is 19.1 Å². The minimum Gasteiger partial charge on any atom is -0.340 e. The molecule has 0 bridgehead atoms. The third-order valence-electron chi connectivity index (χ3n) is 4.05. The zero-order chi connectivity index (χ0) is 13.7. The summed E-state index contributed by atoms with van der Waals surface area (Å²) in [5, 5.41) is 0. The first-order chi connectivity index (χ1) is 8.47. The number of nitrogens with zero attached hydrogens (tertiary/aromatic N) is 2. The third-order valence-corrected chi connectivity index (χ3v) is 4.05. The van der Waals surface area contributed by atoms with Crippen molar-refractivity contribution < 1.29 is 4.79 Å². The second kappa shape index (κ2) is 7.10. The molecule has 1 heterocycles. The number of nitrogens with two attached hydrogens (primary N) is 1. The summed E-state index contributed by atoms with van der Waals surface area (Å²) < 4.78 is 0. The van der Waals surface area contributed by atoms with Crippen LogP contribution in [0.5, 0.6) is 0 Å². The van der Waals surface area contributed by atoms with E-state index in [0.717, 1.165) is 19.6 Å². The van der Waals surface area contributed by atoms with Crippen molar-refractivity contribution in [1.29, 1.82) is 0 Å². The van der Waals surface area contributed by atoms with E-state index in [9.17, 15) is 4.79 Å². The molecule has 0 aromatic heterocycles. The molecule has 0 unspecified atom stereocenters. The standard InChI is InChI=1S/C14H29N3O/c1-5-17(14(18)13(15)11(2)3)10-12-8-6-7-9-16(12)4/h11-13H,5-10,15H2,1-4H3/t12-,13+/m1/s1. The Bertz CT molecular complexity index is 268. The molecule has 1 fully saturated rings.